The molecule has 0 spiro atoms. The van der Waals surface area contributed by atoms with E-state index in [2.05, 4.69) is 15.9 Å². The number of furan rings is 1. The van der Waals surface area contributed by atoms with Gasteiger partial charge in [0.1, 0.15) is 23.3 Å². The number of benzene rings is 2. The van der Waals surface area contributed by atoms with Crippen molar-refractivity contribution in [3.8, 4) is 0 Å². The van der Waals surface area contributed by atoms with Crippen molar-refractivity contribution in [1.29, 1.82) is 0 Å². The lowest BCUT2D eigenvalue weighted by atomic mass is 10.1. The van der Waals surface area contributed by atoms with Crippen LogP contribution in [0.5, 0.6) is 0 Å². The SMILES string of the molecule is OC(c1cc2cc(F)ccc2o1)c1cccc(Br)c1Cl. The lowest BCUT2D eigenvalue weighted by Crippen LogP contribution is -1.99. The average molecular weight is 356 g/mol. The molecule has 1 atom stereocenters. The Labute approximate surface area is 127 Å². The molecule has 3 aromatic rings. The maximum absolute atomic E-state index is 13.2. The van der Waals surface area contributed by atoms with Crippen molar-refractivity contribution in [2.75, 3.05) is 0 Å². The molecule has 20 heavy (non-hydrogen) atoms. The maximum atomic E-state index is 13.2. The van der Waals surface area contributed by atoms with Gasteiger partial charge in [0.2, 0.25) is 0 Å². The monoisotopic (exact) mass is 354 g/mol. The van der Waals surface area contributed by atoms with E-state index in [0.29, 0.717) is 31.8 Å². The van der Waals surface area contributed by atoms with Crippen molar-refractivity contribution in [2.24, 2.45) is 0 Å². The van der Waals surface area contributed by atoms with Crippen molar-refractivity contribution in [3.63, 3.8) is 0 Å². The molecule has 1 heterocycles. The van der Waals surface area contributed by atoms with Gasteiger partial charge in [0, 0.05) is 15.4 Å². The van der Waals surface area contributed by atoms with Crippen molar-refractivity contribution in [2.45, 2.75) is 6.10 Å². The fourth-order valence-electron chi connectivity index (χ4n) is 2.05. The second-order valence-electron chi connectivity index (χ2n) is 4.38. The molecule has 0 fully saturated rings. The molecule has 0 bridgehead atoms. The minimum atomic E-state index is -1.00. The molecule has 0 aliphatic carbocycles. The summed E-state index contributed by atoms with van der Waals surface area (Å²) in [6.07, 6.45) is -1.00. The zero-order valence-electron chi connectivity index (χ0n) is 10.1. The highest BCUT2D eigenvalue weighted by Crippen LogP contribution is 2.35. The topological polar surface area (TPSA) is 33.4 Å². The van der Waals surface area contributed by atoms with E-state index in [1.807, 2.05) is 0 Å². The molecular formula is C15H9BrClFO2. The second-order valence-corrected chi connectivity index (χ2v) is 5.61. The smallest absolute Gasteiger partial charge is 0.138 e. The third-order valence-corrected chi connectivity index (χ3v) is 4.35. The molecule has 0 aliphatic rings. The van der Waals surface area contributed by atoms with E-state index < -0.39 is 6.10 Å². The second kappa shape index (κ2) is 5.20. The first kappa shape index (κ1) is 13.6. The summed E-state index contributed by atoms with van der Waals surface area (Å²) in [4.78, 5) is 0. The van der Waals surface area contributed by atoms with Crippen molar-refractivity contribution >= 4 is 38.5 Å². The van der Waals surface area contributed by atoms with Gasteiger partial charge in [-0.15, -0.1) is 0 Å². The Morgan fingerprint density at radius 1 is 1.20 bits per heavy atom. The van der Waals surface area contributed by atoms with E-state index in [0.717, 1.165) is 0 Å². The normalized spacial score (nSPS) is 12.8. The van der Waals surface area contributed by atoms with E-state index >= 15 is 0 Å². The lowest BCUT2D eigenvalue weighted by Gasteiger charge is -2.10. The van der Waals surface area contributed by atoms with Crippen molar-refractivity contribution in [1.82, 2.24) is 0 Å². The first-order valence-electron chi connectivity index (χ1n) is 5.87. The van der Waals surface area contributed by atoms with Gasteiger partial charge in [-0.05, 0) is 46.3 Å². The molecule has 2 nitrogen and oxygen atoms in total. The zero-order valence-corrected chi connectivity index (χ0v) is 12.5. The summed E-state index contributed by atoms with van der Waals surface area (Å²) in [7, 11) is 0. The summed E-state index contributed by atoms with van der Waals surface area (Å²) >= 11 is 9.46. The number of fused-ring (bicyclic) bond motifs is 1. The minimum Gasteiger partial charge on any atom is -0.458 e. The predicted molar refractivity (Wildman–Crippen MR) is 79.4 cm³/mol. The highest BCUT2D eigenvalue weighted by atomic mass is 79.9. The Bertz CT molecular complexity index is 785. The molecular weight excluding hydrogens is 347 g/mol. The third-order valence-electron chi connectivity index (χ3n) is 3.04. The van der Waals surface area contributed by atoms with Crippen LogP contribution < -0.4 is 0 Å². The molecule has 0 aliphatic heterocycles. The standard InChI is InChI=1S/C15H9BrClFO2/c16-11-3-1-2-10(14(11)17)15(19)13-7-8-6-9(18)4-5-12(8)20-13/h1-7,15,19H. The van der Waals surface area contributed by atoms with Gasteiger partial charge in [0.25, 0.3) is 0 Å². The summed E-state index contributed by atoms with van der Waals surface area (Å²) in [6, 6.07) is 11.1. The van der Waals surface area contributed by atoms with Crippen LogP contribution in [0.2, 0.25) is 5.02 Å². The summed E-state index contributed by atoms with van der Waals surface area (Å²) in [5, 5.41) is 11.4. The highest BCUT2D eigenvalue weighted by Gasteiger charge is 2.19. The minimum absolute atomic E-state index is 0.325. The molecule has 2 aromatic carbocycles. The molecule has 1 N–H and O–H groups in total. The van der Waals surface area contributed by atoms with Crippen LogP contribution in [0.1, 0.15) is 17.4 Å². The number of rotatable bonds is 2. The van der Waals surface area contributed by atoms with E-state index in [9.17, 15) is 9.50 Å². The molecule has 3 rings (SSSR count). The average Bonchev–Trinajstić information content (AvgIpc) is 2.84. The summed E-state index contributed by atoms with van der Waals surface area (Å²) < 4.78 is 19.4. The molecule has 0 saturated carbocycles. The van der Waals surface area contributed by atoms with Crippen LogP contribution in [0, 0.1) is 5.82 Å². The molecule has 1 unspecified atom stereocenters. The van der Waals surface area contributed by atoms with Gasteiger partial charge in [0.15, 0.2) is 0 Å². The largest absolute Gasteiger partial charge is 0.458 e. The van der Waals surface area contributed by atoms with Crippen LogP contribution in [-0.4, -0.2) is 5.11 Å². The first-order valence-corrected chi connectivity index (χ1v) is 7.04. The van der Waals surface area contributed by atoms with Crippen LogP contribution >= 0.6 is 27.5 Å². The quantitative estimate of drug-likeness (QED) is 0.696. The van der Waals surface area contributed by atoms with E-state index in [4.69, 9.17) is 16.0 Å². The molecule has 0 saturated heterocycles. The summed E-state index contributed by atoms with van der Waals surface area (Å²) in [6.45, 7) is 0. The van der Waals surface area contributed by atoms with Crippen molar-refractivity contribution < 1.29 is 13.9 Å². The van der Waals surface area contributed by atoms with E-state index in [1.165, 1.54) is 18.2 Å². The van der Waals surface area contributed by atoms with Gasteiger partial charge < -0.3 is 9.52 Å². The van der Waals surface area contributed by atoms with Gasteiger partial charge in [-0.2, -0.15) is 0 Å². The molecule has 1 aromatic heterocycles. The molecule has 0 amide bonds. The number of halogens is 3. The predicted octanol–water partition coefficient (Wildman–Crippen LogP) is 5.07. The molecule has 5 heteroatoms. The fourth-order valence-corrected chi connectivity index (χ4v) is 2.67. The Hall–Kier alpha value is -1.36. The summed E-state index contributed by atoms with van der Waals surface area (Å²) in [5.41, 5.74) is 1.05. The van der Waals surface area contributed by atoms with Crippen LogP contribution in [0.3, 0.4) is 0 Å². The van der Waals surface area contributed by atoms with Gasteiger partial charge in [-0.3, -0.25) is 0 Å². The summed E-state index contributed by atoms with van der Waals surface area (Å²) in [5.74, 6) is -0.0228. The maximum Gasteiger partial charge on any atom is 0.138 e. The highest BCUT2D eigenvalue weighted by molar-refractivity contribution is 9.10. The van der Waals surface area contributed by atoms with E-state index in [1.54, 1.807) is 24.3 Å². The van der Waals surface area contributed by atoms with Crippen LogP contribution in [0.15, 0.2) is 51.4 Å². The third kappa shape index (κ3) is 2.35. The Morgan fingerprint density at radius 2 is 2.00 bits per heavy atom. The molecule has 0 radical (unpaired) electrons. The number of aliphatic hydroxyl groups is 1. The number of hydrogen-bond acceptors (Lipinski definition) is 2. The Morgan fingerprint density at radius 3 is 2.80 bits per heavy atom. The zero-order chi connectivity index (χ0) is 14.3. The Balaban J connectivity index is 2.08. The fraction of sp³-hybridized carbons (Fsp3) is 0.0667. The van der Waals surface area contributed by atoms with Crippen LogP contribution in [0.4, 0.5) is 4.39 Å². The van der Waals surface area contributed by atoms with Gasteiger partial charge in [0.05, 0.1) is 5.02 Å². The van der Waals surface area contributed by atoms with Crippen LogP contribution in [0.25, 0.3) is 11.0 Å². The molecule has 102 valence electrons. The van der Waals surface area contributed by atoms with E-state index in [-0.39, 0.29) is 5.82 Å². The van der Waals surface area contributed by atoms with Gasteiger partial charge in [-0.25, -0.2) is 4.39 Å². The van der Waals surface area contributed by atoms with Gasteiger partial charge >= 0.3 is 0 Å². The lowest BCUT2D eigenvalue weighted by molar-refractivity contribution is 0.192. The Kier molecular flexibility index (Phi) is 3.54. The van der Waals surface area contributed by atoms with Gasteiger partial charge in [-0.1, -0.05) is 23.7 Å². The number of hydrogen-bond donors (Lipinski definition) is 1. The van der Waals surface area contributed by atoms with Crippen LogP contribution in [-0.2, 0) is 0 Å². The number of aliphatic hydroxyl groups excluding tert-OH is 1. The first-order chi connectivity index (χ1) is 9.56. The van der Waals surface area contributed by atoms with Crippen molar-refractivity contribution in [3.05, 3.63) is 69.1 Å².